The Bertz CT molecular complexity index is 596. The molecule has 5 heteroatoms. The largest absolute Gasteiger partial charge is 0.374 e. The summed E-state index contributed by atoms with van der Waals surface area (Å²) in [6.07, 6.45) is 0.0943. The molecule has 112 valence electrons. The number of hydrogen-bond donors (Lipinski definition) is 1. The van der Waals surface area contributed by atoms with Crippen molar-refractivity contribution in [3.05, 3.63) is 35.9 Å². The molecule has 0 unspecified atom stereocenters. The highest BCUT2D eigenvalue weighted by Gasteiger charge is 2.08. The van der Waals surface area contributed by atoms with Gasteiger partial charge in [0.15, 0.2) is 0 Å². The van der Waals surface area contributed by atoms with Crippen LogP contribution in [0.5, 0.6) is 0 Å². The third kappa shape index (κ3) is 3.70. The van der Waals surface area contributed by atoms with Gasteiger partial charge in [0.25, 0.3) is 0 Å². The molecule has 0 radical (unpaired) electrons. The highest BCUT2D eigenvalue weighted by Crippen LogP contribution is 2.24. The Balaban J connectivity index is 2.30. The molecule has 0 saturated carbocycles. The highest BCUT2D eigenvalue weighted by molar-refractivity contribution is 5.64. The van der Waals surface area contributed by atoms with Crippen molar-refractivity contribution in [1.29, 1.82) is 0 Å². The van der Waals surface area contributed by atoms with E-state index < -0.39 is 0 Å². The minimum atomic E-state index is 0.0943. The summed E-state index contributed by atoms with van der Waals surface area (Å²) in [5.41, 5.74) is 8.77. The van der Waals surface area contributed by atoms with Crippen LogP contribution in [0.3, 0.4) is 0 Å². The molecule has 21 heavy (non-hydrogen) atoms. The normalized spacial score (nSPS) is 12.2. The summed E-state index contributed by atoms with van der Waals surface area (Å²) in [5, 5.41) is 0. The molecule has 0 fully saturated rings. The number of ether oxygens (including phenoxy) is 1. The number of anilines is 2. The smallest absolute Gasteiger partial charge is 0.222 e. The second-order valence-corrected chi connectivity index (χ2v) is 5.08. The monoisotopic (exact) mass is 286 g/mol. The summed E-state index contributed by atoms with van der Waals surface area (Å²) >= 11 is 0. The van der Waals surface area contributed by atoms with Crippen molar-refractivity contribution in [2.24, 2.45) is 0 Å². The van der Waals surface area contributed by atoms with Gasteiger partial charge in [0, 0.05) is 32.3 Å². The summed E-state index contributed by atoms with van der Waals surface area (Å²) < 4.78 is 5.59. The average molecular weight is 286 g/mol. The molecule has 2 aromatic rings. The molecule has 2 N–H and O–H groups in total. The average Bonchev–Trinajstić information content (AvgIpc) is 2.47. The van der Waals surface area contributed by atoms with Crippen molar-refractivity contribution in [2.75, 3.05) is 31.3 Å². The lowest BCUT2D eigenvalue weighted by molar-refractivity contribution is 0.0764. The number of rotatable bonds is 5. The number of nitrogens with zero attached hydrogens (tertiary/aromatic N) is 3. The van der Waals surface area contributed by atoms with Crippen LogP contribution in [0, 0.1) is 0 Å². The van der Waals surface area contributed by atoms with Gasteiger partial charge in [-0.15, -0.1) is 0 Å². The van der Waals surface area contributed by atoms with E-state index in [1.54, 1.807) is 0 Å². The molecular weight excluding hydrogens is 264 g/mol. The van der Waals surface area contributed by atoms with Gasteiger partial charge in [-0.2, -0.15) is 4.98 Å². The van der Waals surface area contributed by atoms with Crippen molar-refractivity contribution in [3.8, 4) is 11.3 Å². The zero-order valence-corrected chi connectivity index (χ0v) is 13.0. The lowest BCUT2D eigenvalue weighted by Gasteiger charge is -2.14. The molecule has 0 spiro atoms. The molecule has 1 aromatic carbocycles. The Labute approximate surface area is 125 Å². The Morgan fingerprint density at radius 3 is 2.43 bits per heavy atom. The maximum absolute atomic E-state index is 5.78. The standard InChI is InChI=1S/C16H22N4O/c1-5-21-11(2)12-6-8-13(9-7-12)14-10-15(20(3)4)19-16(17)18-14/h6-11H,5H2,1-4H3,(H2,17,18,19)/t11-/m1/s1. The zero-order chi connectivity index (χ0) is 15.4. The van der Waals surface area contributed by atoms with Crippen LogP contribution in [0.15, 0.2) is 30.3 Å². The van der Waals surface area contributed by atoms with E-state index in [9.17, 15) is 0 Å². The molecule has 0 amide bonds. The van der Waals surface area contributed by atoms with Gasteiger partial charge in [0.1, 0.15) is 5.82 Å². The van der Waals surface area contributed by atoms with Crippen LogP contribution in [0.1, 0.15) is 25.5 Å². The van der Waals surface area contributed by atoms with Gasteiger partial charge >= 0.3 is 0 Å². The molecule has 0 aliphatic carbocycles. The minimum Gasteiger partial charge on any atom is -0.374 e. The Hall–Kier alpha value is -2.14. The maximum Gasteiger partial charge on any atom is 0.222 e. The Morgan fingerprint density at radius 2 is 1.86 bits per heavy atom. The van der Waals surface area contributed by atoms with Crippen molar-refractivity contribution >= 4 is 11.8 Å². The molecule has 2 rings (SSSR count). The first-order chi connectivity index (χ1) is 10.0. The van der Waals surface area contributed by atoms with E-state index in [1.165, 1.54) is 0 Å². The van der Waals surface area contributed by atoms with Gasteiger partial charge in [-0.3, -0.25) is 0 Å². The van der Waals surface area contributed by atoms with E-state index in [0.29, 0.717) is 6.61 Å². The molecule has 1 aromatic heterocycles. The van der Waals surface area contributed by atoms with Gasteiger partial charge in [-0.05, 0) is 19.4 Å². The van der Waals surface area contributed by atoms with Crippen molar-refractivity contribution in [2.45, 2.75) is 20.0 Å². The van der Waals surface area contributed by atoms with Crippen molar-refractivity contribution in [1.82, 2.24) is 9.97 Å². The van der Waals surface area contributed by atoms with Gasteiger partial charge in [0.2, 0.25) is 5.95 Å². The van der Waals surface area contributed by atoms with E-state index in [2.05, 4.69) is 22.1 Å². The number of hydrogen-bond acceptors (Lipinski definition) is 5. The number of nitrogen functional groups attached to an aromatic ring is 1. The lowest BCUT2D eigenvalue weighted by atomic mass is 10.1. The van der Waals surface area contributed by atoms with Crippen LogP contribution < -0.4 is 10.6 Å². The minimum absolute atomic E-state index is 0.0943. The van der Waals surface area contributed by atoms with Crippen LogP contribution in [0.25, 0.3) is 11.3 Å². The molecule has 1 atom stereocenters. The van der Waals surface area contributed by atoms with Crippen LogP contribution in [0.4, 0.5) is 11.8 Å². The summed E-state index contributed by atoms with van der Waals surface area (Å²) in [6.45, 7) is 4.75. The summed E-state index contributed by atoms with van der Waals surface area (Å²) in [7, 11) is 3.86. The first-order valence-corrected chi connectivity index (χ1v) is 7.05. The van der Waals surface area contributed by atoms with E-state index in [0.717, 1.165) is 22.6 Å². The number of aromatic nitrogens is 2. The van der Waals surface area contributed by atoms with Gasteiger partial charge < -0.3 is 15.4 Å². The second-order valence-electron chi connectivity index (χ2n) is 5.08. The van der Waals surface area contributed by atoms with E-state index in [-0.39, 0.29) is 12.1 Å². The van der Waals surface area contributed by atoms with E-state index in [4.69, 9.17) is 10.5 Å². The SMILES string of the molecule is CCO[C@H](C)c1ccc(-c2cc(N(C)C)nc(N)n2)cc1. The van der Waals surface area contributed by atoms with Gasteiger partial charge in [0.05, 0.1) is 11.8 Å². The van der Waals surface area contributed by atoms with Crippen LogP contribution >= 0.6 is 0 Å². The molecule has 0 saturated heterocycles. The first kappa shape index (κ1) is 15.3. The number of benzene rings is 1. The van der Waals surface area contributed by atoms with Crippen molar-refractivity contribution < 1.29 is 4.74 Å². The van der Waals surface area contributed by atoms with Gasteiger partial charge in [-0.25, -0.2) is 4.98 Å². The highest BCUT2D eigenvalue weighted by atomic mass is 16.5. The van der Waals surface area contributed by atoms with E-state index in [1.807, 2.05) is 51.0 Å². The van der Waals surface area contributed by atoms with Crippen LogP contribution in [0.2, 0.25) is 0 Å². The molecule has 0 aliphatic heterocycles. The maximum atomic E-state index is 5.78. The fraction of sp³-hybridized carbons (Fsp3) is 0.375. The summed E-state index contributed by atoms with van der Waals surface area (Å²) in [4.78, 5) is 10.4. The molecule has 5 nitrogen and oxygen atoms in total. The fourth-order valence-corrected chi connectivity index (χ4v) is 2.10. The lowest BCUT2D eigenvalue weighted by Crippen LogP contribution is -2.12. The Kier molecular flexibility index (Phi) is 4.75. The predicted molar refractivity (Wildman–Crippen MR) is 86.2 cm³/mol. The summed E-state index contributed by atoms with van der Waals surface area (Å²) in [6, 6.07) is 10.1. The molecular formula is C16H22N4O. The second kappa shape index (κ2) is 6.54. The third-order valence-electron chi connectivity index (χ3n) is 3.28. The van der Waals surface area contributed by atoms with Crippen LogP contribution in [-0.2, 0) is 4.74 Å². The summed E-state index contributed by atoms with van der Waals surface area (Å²) in [5.74, 6) is 1.08. The number of nitrogens with two attached hydrogens (primary N) is 1. The predicted octanol–water partition coefficient (Wildman–Crippen LogP) is 2.89. The van der Waals surface area contributed by atoms with Crippen LogP contribution in [-0.4, -0.2) is 30.7 Å². The Morgan fingerprint density at radius 1 is 1.19 bits per heavy atom. The molecule has 0 bridgehead atoms. The molecule has 0 aliphatic rings. The zero-order valence-electron chi connectivity index (χ0n) is 13.0. The molecule has 1 heterocycles. The van der Waals surface area contributed by atoms with Gasteiger partial charge in [-0.1, -0.05) is 24.3 Å². The first-order valence-electron chi connectivity index (χ1n) is 7.05. The van der Waals surface area contributed by atoms with E-state index >= 15 is 0 Å². The fourth-order valence-electron chi connectivity index (χ4n) is 2.10. The quantitative estimate of drug-likeness (QED) is 0.915. The third-order valence-corrected chi connectivity index (χ3v) is 3.28. The topological polar surface area (TPSA) is 64.3 Å². The van der Waals surface area contributed by atoms with Crippen molar-refractivity contribution in [3.63, 3.8) is 0 Å².